The van der Waals surface area contributed by atoms with Gasteiger partial charge in [-0.25, -0.2) is 14.4 Å². The van der Waals surface area contributed by atoms with Gasteiger partial charge in [-0.05, 0) is 50.8 Å². The van der Waals surface area contributed by atoms with Gasteiger partial charge in [0.15, 0.2) is 17.5 Å². The lowest BCUT2D eigenvalue weighted by Gasteiger charge is -2.28. The van der Waals surface area contributed by atoms with Crippen LogP contribution in [-0.4, -0.2) is 74.3 Å². The zero-order chi connectivity index (χ0) is 27.5. The van der Waals surface area contributed by atoms with Gasteiger partial charge in [-0.1, -0.05) is 18.1 Å². The zero-order valence-corrected chi connectivity index (χ0v) is 22.0. The molecule has 4 heterocycles. The predicted octanol–water partition coefficient (Wildman–Crippen LogP) is 2.83. The van der Waals surface area contributed by atoms with E-state index in [0.717, 1.165) is 12.6 Å². The molecule has 2 aliphatic rings. The Bertz CT molecular complexity index is 1440. The molecule has 11 heteroatoms. The van der Waals surface area contributed by atoms with Crippen LogP contribution in [0.15, 0.2) is 36.5 Å². The second kappa shape index (κ2) is 11.1. The quantitative estimate of drug-likeness (QED) is 0.490. The van der Waals surface area contributed by atoms with E-state index < -0.39 is 5.82 Å². The number of likely N-dealkylation sites (tertiary alicyclic amines) is 1. The van der Waals surface area contributed by atoms with Crippen LogP contribution in [0.2, 0.25) is 0 Å². The van der Waals surface area contributed by atoms with E-state index in [1.54, 1.807) is 23.1 Å². The van der Waals surface area contributed by atoms with Crippen LogP contribution in [0.25, 0.3) is 11.3 Å². The molecule has 202 valence electrons. The summed E-state index contributed by atoms with van der Waals surface area (Å²) in [5, 5.41) is 18.6. The molecule has 5 rings (SSSR count). The fraction of sp³-hybridized carbons (Fsp3) is 0.393. The average Bonchev–Trinajstić information content (AvgIpc) is 3.12. The van der Waals surface area contributed by atoms with Crippen LogP contribution in [0.5, 0.6) is 5.75 Å². The maximum atomic E-state index is 14.9. The summed E-state index contributed by atoms with van der Waals surface area (Å²) in [6.07, 6.45) is 3.24. The van der Waals surface area contributed by atoms with Crippen molar-refractivity contribution in [3.8, 4) is 28.8 Å². The lowest BCUT2D eigenvalue weighted by atomic mass is 10.1. The number of nitrogens with two attached hydrogens (primary N) is 1. The molecule has 1 aromatic carbocycles. The van der Waals surface area contributed by atoms with E-state index in [4.69, 9.17) is 5.73 Å². The molecule has 10 nitrogen and oxygen atoms in total. The SMILES string of the molecule is C[C@@H]1CCC(=O)N1CC#Cc1ncc(F)c(N2CCN(c3cc(-c4ccccc4O)nnc3N)CC[C@@H]2C)n1. The Balaban J connectivity index is 1.34. The van der Waals surface area contributed by atoms with E-state index in [1.807, 2.05) is 30.9 Å². The number of phenolic OH excluding ortho intramolecular Hbond substituents is 1. The van der Waals surface area contributed by atoms with E-state index in [0.29, 0.717) is 56.0 Å². The lowest BCUT2D eigenvalue weighted by Crippen LogP contribution is -2.36. The first-order valence-electron chi connectivity index (χ1n) is 13.1. The second-order valence-electron chi connectivity index (χ2n) is 9.91. The average molecular weight is 531 g/mol. The van der Waals surface area contributed by atoms with Gasteiger partial charge in [-0.15, -0.1) is 10.2 Å². The number of hydrogen-bond donors (Lipinski definition) is 2. The summed E-state index contributed by atoms with van der Waals surface area (Å²) in [6.45, 7) is 6.02. The van der Waals surface area contributed by atoms with Crippen molar-refractivity contribution in [1.29, 1.82) is 0 Å². The second-order valence-corrected chi connectivity index (χ2v) is 9.91. The number of aromatic nitrogens is 4. The van der Waals surface area contributed by atoms with Crippen molar-refractivity contribution >= 4 is 23.2 Å². The number of amides is 1. The Labute approximate surface area is 226 Å². The summed E-state index contributed by atoms with van der Waals surface area (Å²) in [5.74, 6) is 6.25. The number of phenols is 1. The van der Waals surface area contributed by atoms with Crippen LogP contribution >= 0.6 is 0 Å². The number of anilines is 3. The molecule has 2 fully saturated rings. The molecule has 0 radical (unpaired) electrons. The fourth-order valence-electron chi connectivity index (χ4n) is 5.03. The molecular weight excluding hydrogens is 499 g/mol. The largest absolute Gasteiger partial charge is 0.507 e. The lowest BCUT2D eigenvalue weighted by molar-refractivity contribution is -0.128. The molecule has 3 aromatic rings. The molecule has 0 bridgehead atoms. The zero-order valence-electron chi connectivity index (χ0n) is 22.0. The minimum atomic E-state index is -0.517. The molecule has 2 atom stereocenters. The van der Waals surface area contributed by atoms with Crippen molar-refractivity contribution in [1.82, 2.24) is 25.1 Å². The minimum Gasteiger partial charge on any atom is -0.507 e. The molecule has 0 saturated carbocycles. The topological polar surface area (TPSA) is 125 Å². The van der Waals surface area contributed by atoms with Gasteiger partial charge in [0.2, 0.25) is 11.7 Å². The van der Waals surface area contributed by atoms with Gasteiger partial charge in [-0.2, -0.15) is 0 Å². The molecule has 2 aromatic heterocycles. The van der Waals surface area contributed by atoms with Crippen LogP contribution in [0.1, 0.15) is 38.9 Å². The molecule has 0 aliphatic carbocycles. The first-order valence-corrected chi connectivity index (χ1v) is 13.1. The summed E-state index contributed by atoms with van der Waals surface area (Å²) in [7, 11) is 0. The summed E-state index contributed by atoms with van der Waals surface area (Å²) in [5.41, 5.74) is 8.00. The monoisotopic (exact) mass is 530 g/mol. The number of carbonyl (C=O) groups excluding carboxylic acids is 1. The molecule has 39 heavy (non-hydrogen) atoms. The van der Waals surface area contributed by atoms with E-state index in [2.05, 4.69) is 36.9 Å². The van der Waals surface area contributed by atoms with Gasteiger partial charge in [0.1, 0.15) is 5.75 Å². The van der Waals surface area contributed by atoms with Crippen molar-refractivity contribution in [3.63, 3.8) is 0 Å². The fourth-order valence-corrected chi connectivity index (χ4v) is 5.03. The van der Waals surface area contributed by atoms with Crippen molar-refractivity contribution in [2.75, 3.05) is 41.7 Å². The molecule has 1 amide bonds. The third-order valence-corrected chi connectivity index (χ3v) is 7.36. The molecule has 2 saturated heterocycles. The van der Waals surface area contributed by atoms with Gasteiger partial charge >= 0.3 is 0 Å². The van der Waals surface area contributed by atoms with Crippen LogP contribution in [0, 0.1) is 17.7 Å². The standard InChI is InChI=1S/C28H31FN8O2/c1-18-9-10-26(39)36(18)12-5-8-25-31-17-21(29)28(32-25)37-15-14-35(13-11-19(37)2)23-16-22(33-34-27(23)30)20-6-3-4-7-24(20)38/h3-4,6-7,16-19,38H,9-15H2,1-2H3,(H2,30,34)/t18-,19+/m1/s1. The predicted molar refractivity (Wildman–Crippen MR) is 146 cm³/mol. The maximum absolute atomic E-state index is 14.9. The Morgan fingerprint density at radius 3 is 2.72 bits per heavy atom. The summed E-state index contributed by atoms with van der Waals surface area (Å²) >= 11 is 0. The van der Waals surface area contributed by atoms with E-state index in [9.17, 15) is 14.3 Å². The van der Waals surface area contributed by atoms with Crippen molar-refractivity contribution in [3.05, 3.63) is 48.2 Å². The normalized spacial score (nSPS) is 19.6. The number of carbonyl (C=O) groups is 1. The number of para-hydroxylation sites is 1. The van der Waals surface area contributed by atoms with Gasteiger partial charge < -0.3 is 25.5 Å². The van der Waals surface area contributed by atoms with Crippen LogP contribution in [0.4, 0.5) is 21.7 Å². The Morgan fingerprint density at radius 1 is 1.13 bits per heavy atom. The number of halogens is 1. The highest BCUT2D eigenvalue weighted by molar-refractivity contribution is 5.79. The number of hydrogen-bond acceptors (Lipinski definition) is 9. The number of rotatable bonds is 4. The summed E-state index contributed by atoms with van der Waals surface area (Å²) < 4.78 is 14.9. The third kappa shape index (κ3) is 5.55. The Morgan fingerprint density at radius 2 is 1.95 bits per heavy atom. The van der Waals surface area contributed by atoms with Crippen LogP contribution in [0.3, 0.4) is 0 Å². The highest BCUT2D eigenvalue weighted by Gasteiger charge is 2.27. The third-order valence-electron chi connectivity index (χ3n) is 7.36. The Hall–Kier alpha value is -4.46. The first-order chi connectivity index (χ1) is 18.8. The Kier molecular flexibility index (Phi) is 7.45. The minimum absolute atomic E-state index is 0.0167. The number of aromatic hydroxyl groups is 1. The van der Waals surface area contributed by atoms with Gasteiger partial charge in [0.25, 0.3) is 0 Å². The number of nitrogens with zero attached hydrogens (tertiary/aromatic N) is 7. The first kappa shape index (κ1) is 26.2. The highest BCUT2D eigenvalue weighted by atomic mass is 19.1. The van der Waals surface area contributed by atoms with Gasteiger partial charge in [0.05, 0.1) is 24.1 Å². The molecule has 0 spiro atoms. The van der Waals surface area contributed by atoms with Gasteiger partial charge in [0, 0.05) is 43.7 Å². The summed E-state index contributed by atoms with van der Waals surface area (Å²) in [4.78, 5) is 26.2. The molecule has 3 N–H and O–H groups in total. The molecular formula is C28H31FN8O2. The van der Waals surface area contributed by atoms with Gasteiger partial charge in [-0.3, -0.25) is 4.79 Å². The van der Waals surface area contributed by atoms with Crippen molar-refractivity contribution in [2.45, 2.75) is 45.2 Å². The molecule has 0 unspecified atom stereocenters. The van der Waals surface area contributed by atoms with Crippen molar-refractivity contribution < 1.29 is 14.3 Å². The van der Waals surface area contributed by atoms with E-state index in [1.165, 1.54) is 0 Å². The van der Waals surface area contributed by atoms with E-state index in [-0.39, 0.29) is 41.2 Å². The van der Waals surface area contributed by atoms with Crippen LogP contribution < -0.4 is 15.5 Å². The smallest absolute Gasteiger partial charge is 0.223 e. The summed E-state index contributed by atoms with van der Waals surface area (Å²) in [6, 6.07) is 8.90. The van der Waals surface area contributed by atoms with E-state index >= 15 is 0 Å². The highest BCUT2D eigenvalue weighted by Crippen LogP contribution is 2.32. The van der Waals surface area contributed by atoms with Crippen molar-refractivity contribution in [2.24, 2.45) is 0 Å². The maximum Gasteiger partial charge on any atom is 0.223 e. The number of benzene rings is 1. The van der Waals surface area contributed by atoms with Crippen LogP contribution in [-0.2, 0) is 4.79 Å². The molecule has 2 aliphatic heterocycles. The number of nitrogen functional groups attached to an aromatic ring is 1.